The second-order valence-corrected chi connectivity index (χ2v) is 5.61. The van der Waals surface area contributed by atoms with Gasteiger partial charge in [0.25, 0.3) is 0 Å². The van der Waals surface area contributed by atoms with Crippen LogP contribution in [0.5, 0.6) is 5.75 Å². The van der Waals surface area contributed by atoms with Crippen molar-refractivity contribution < 1.29 is 4.74 Å². The van der Waals surface area contributed by atoms with Gasteiger partial charge in [-0.2, -0.15) is 0 Å². The highest BCUT2D eigenvalue weighted by Gasteiger charge is 2.09. The molecule has 3 heteroatoms. The number of benzene rings is 1. The molecule has 102 valence electrons. The standard InChI is InChI=1S/C15H22BrClO/c1-3-5-6-12(4-2)11-18-15-8-7-14(17)9-13(15)10-16/h7-9,12H,3-6,10-11H2,1-2H3. The number of halogens is 2. The molecule has 1 atom stereocenters. The van der Waals surface area contributed by atoms with Gasteiger partial charge in [0.2, 0.25) is 0 Å². The molecule has 1 aromatic rings. The van der Waals surface area contributed by atoms with Crippen LogP contribution >= 0.6 is 27.5 Å². The molecular formula is C15H22BrClO. The Bertz CT molecular complexity index is 354. The summed E-state index contributed by atoms with van der Waals surface area (Å²) in [6.07, 6.45) is 4.97. The summed E-state index contributed by atoms with van der Waals surface area (Å²) in [5, 5.41) is 1.53. The number of rotatable bonds is 8. The SMILES string of the molecule is CCCCC(CC)COc1ccc(Cl)cc1CBr. The maximum Gasteiger partial charge on any atom is 0.123 e. The first kappa shape index (κ1) is 15.8. The van der Waals surface area contributed by atoms with Crippen molar-refractivity contribution in [2.45, 2.75) is 44.9 Å². The van der Waals surface area contributed by atoms with Crippen molar-refractivity contribution in [3.63, 3.8) is 0 Å². The molecule has 0 bridgehead atoms. The van der Waals surface area contributed by atoms with Gasteiger partial charge >= 0.3 is 0 Å². The third-order valence-electron chi connectivity index (χ3n) is 3.18. The predicted molar refractivity (Wildman–Crippen MR) is 82.9 cm³/mol. The van der Waals surface area contributed by atoms with E-state index >= 15 is 0 Å². The van der Waals surface area contributed by atoms with Gasteiger partial charge in [-0.3, -0.25) is 0 Å². The van der Waals surface area contributed by atoms with E-state index in [0.29, 0.717) is 5.92 Å². The average Bonchev–Trinajstić information content (AvgIpc) is 2.40. The van der Waals surface area contributed by atoms with Crippen LogP contribution in [-0.4, -0.2) is 6.61 Å². The van der Waals surface area contributed by atoms with Gasteiger partial charge in [-0.25, -0.2) is 0 Å². The smallest absolute Gasteiger partial charge is 0.123 e. The van der Waals surface area contributed by atoms with Crippen molar-refractivity contribution in [2.75, 3.05) is 6.61 Å². The summed E-state index contributed by atoms with van der Waals surface area (Å²) in [5.41, 5.74) is 1.12. The lowest BCUT2D eigenvalue weighted by Gasteiger charge is -2.17. The Morgan fingerprint density at radius 3 is 2.72 bits per heavy atom. The largest absolute Gasteiger partial charge is 0.493 e. The van der Waals surface area contributed by atoms with Crippen molar-refractivity contribution in [2.24, 2.45) is 5.92 Å². The summed E-state index contributed by atoms with van der Waals surface area (Å²) < 4.78 is 5.94. The summed E-state index contributed by atoms with van der Waals surface area (Å²) in [4.78, 5) is 0. The number of ether oxygens (including phenoxy) is 1. The zero-order valence-corrected chi connectivity index (χ0v) is 13.6. The Morgan fingerprint density at radius 1 is 1.33 bits per heavy atom. The van der Waals surface area contributed by atoms with Crippen LogP contribution < -0.4 is 4.74 Å². The Balaban J connectivity index is 2.56. The molecule has 0 aliphatic rings. The fourth-order valence-corrected chi connectivity index (χ4v) is 2.53. The van der Waals surface area contributed by atoms with Crippen LogP contribution in [0.2, 0.25) is 5.02 Å². The van der Waals surface area contributed by atoms with Crippen LogP contribution in [0.1, 0.15) is 45.1 Å². The first-order valence-electron chi connectivity index (χ1n) is 6.68. The van der Waals surface area contributed by atoms with Gasteiger partial charge in [0.1, 0.15) is 5.75 Å². The van der Waals surface area contributed by atoms with Crippen molar-refractivity contribution >= 4 is 27.5 Å². The Labute approximate surface area is 124 Å². The number of unbranched alkanes of at least 4 members (excludes halogenated alkanes) is 1. The third kappa shape index (κ3) is 5.19. The molecule has 18 heavy (non-hydrogen) atoms. The zero-order valence-electron chi connectivity index (χ0n) is 11.2. The van der Waals surface area contributed by atoms with Crippen LogP contribution in [0.25, 0.3) is 0 Å². The van der Waals surface area contributed by atoms with E-state index < -0.39 is 0 Å². The van der Waals surface area contributed by atoms with Crippen LogP contribution in [0.4, 0.5) is 0 Å². The Morgan fingerprint density at radius 2 is 2.11 bits per heavy atom. The lowest BCUT2D eigenvalue weighted by molar-refractivity contribution is 0.232. The summed E-state index contributed by atoms with van der Waals surface area (Å²) >= 11 is 9.45. The minimum absolute atomic E-state index is 0.656. The van der Waals surface area contributed by atoms with E-state index in [1.165, 1.54) is 25.7 Å². The van der Waals surface area contributed by atoms with Gasteiger partial charge in [-0.05, 0) is 30.5 Å². The Kier molecular flexibility index (Phi) is 7.76. The maximum absolute atomic E-state index is 5.98. The summed E-state index contributed by atoms with van der Waals surface area (Å²) in [6, 6.07) is 5.81. The molecule has 0 spiro atoms. The normalized spacial score (nSPS) is 12.4. The van der Waals surface area contributed by atoms with Gasteiger partial charge in [0.05, 0.1) is 6.61 Å². The molecular weight excluding hydrogens is 312 g/mol. The fraction of sp³-hybridized carbons (Fsp3) is 0.600. The average molecular weight is 334 g/mol. The second kappa shape index (κ2) is 8.82. The molecule has 1 unspecified atom stereocenters. The van der Waals surface area contributed by atoms with Crippen molar-refractivity contribution in [3.8, 4) is 5.75 Å². The van der Waals surface area contributed by atoms with E-state index in [1.807, 2.05) is 18.2 Å². The maximum atomic E-state index is 5.98. The zero-order chi connectivity index (χ0) is 13.4. The Hall–Kier alpha value is -0.210. The van der Waals surface area contributed by atoms with Gasteiger partial charge < -0.3 is 4.74 Å². The fourth-order valence-electron chi connectivity index (χ4n) is 1.90. The highest BCUT2D eigenvalue weighted by molar-refractivity contribution is 9.08. The van der Waals surface area contributed by atoms with Crippen molar-refractivity contribution in [1.82, 2.24) is 0 Å². The van der Waals surface area contributed by atoms with Gasteiger partial charge in [0, 0.05) is 15.9 Å². The summed E-state index contributed by atoms with van der Waals surface area (Å²) in [7, 11) is 0. The third-order valence-corrected chi connectivity index (χ3v) is 4.02. The monoisotopic (exact) mass is 332 g/mol. The van der Waals surface area contributed by atoms with Crippen LogP contribution in [0.15, 0.2) is 18.2 Å². The summed E-state index contributed by atoms with van der Waals surface area (Å²) in [5.74, 6) is 1.61. The van der Waals surface area contributed by atoms with E-state index in [2.05, 4.69) is 29.8 Å². The van der Waals surface area contributed by atoms with E-state index in [0.717, 1.165) is 28.3 Å². The highest BCUT2D eigenvalue weighted by atomic mass is 79.9. The molecule has 0 fully saturated rings. The topological polar surface area (TPSA) is 9.23 Å². The molecule has 0 saturated heterocycles. The molecule has 0 radical (unpaired) electrons. The first-order valence-corrected chi connectivity index (χ1v) is 8.18. The van der Waals surface area contributed by atoms with Crippen LogP contribution in [0, 0.1) is 5.92 Å². The summed E-state index contributed by atoms with van der Waals surface area (Å²) in [6.45, 7) is 5.27. The lowest BCUT2D eigenvalue weighted by atomic mass is 10.0. The molecule has 0 aliphatic carbocycles. The molecule has 0 heterocycles. The molecule has 1 nitrogen and oxygen atoms in total. The second-order valence-electron chi connectivity index (χ2n) is 4.61. The number of alkyl halides is 1. The van der Waals surface area contributed by atoms with Crippen LogP contribution in [0.3, 0.4) is 0 Å². The predicted octanol–water partition coefficient (Wildman–Crippen LogP) is 5.83. The molecule has 0 amide bonds. The van der Waals surface area contributed by atoms with Gasteiger partial charge in [-0.15, -0.1) is 0 Å². The number of hydrogen-bond donors (Lipinski definition) is 0. The van der Waals surface area contributed by atoms with Gasteiger partial charge in [0.15, 0.2) is 0 Å². The minimum Gasteiger partial charge on any atom is -0.493 e. The quantitative estimate of drug-likeness (QED) is 0.544. The molecule has 1 rings (SSSR count). The van der Waals surface area contributed by atoms with Crippen LogP contribution in [-0.2, 0) is 5.33 Å². The molecule has 0 aliphatic heterocycles. The van der Waals surface area contributed by atoms with E-state index in [4.69, 9.17) is 16.3 Å². The van der Waals surface area contributed by atoms with E-state index in [9.17, 15) is 0 Å². The molecule has 1 aromatic carbocycles. The van der Waals surface area contributed by atoms with E-state index in [-0.39, 0.29) is 0 Å². The van der Waals surface area contributed by atoms with Crippen molar-refractivity contribution in [1.29, 1.82) is 0 Å². The van der Waals surface area contributed by atoms with Gasteiger partial charge in [-0.1, -0.05) is 60.6 Å². The molecule has 0 aromatic heterocycles. The molecule has 0 saturated carbocycles. The van der Waals surface area contributed by atoms with Crippen molar-refractivity contribution in [3.05, 3.63) is 28.8 Å². The first-order chi connectivity index (χ1) is 8.71. The lowest BCUT2D eigenvalue weighted by Crippen LogP contribution is -2.12. The number of hydrogen-bond acceptors (Lipinski definition) is 1. The van der Waals surface area contributed by atoms with E-state index in [1.54, 1.807) is 0 Å². The minimum atomic E-state index is 0.656. The molecule has 0 N–H and O–H groups in total. The highest BCUT2D eigenvalue weighted by Crippen LogP contribution is 2.26.